The molecule has 154 valence electrons. The topological polar surface area (TPSA) is 96.5 Å². The Balaban J connectivity index is 1.52. The monoisotopic (exact) mass is 405 g/mol. The number of carbonyl (C=O) groups excluding carboxylic acids is 2. The Hall–Kier alpha value is -3.78. The van der Waals surface area contributed by atoms with Crippen molar-refractivity contribution in [3.05, 3.63) is 84.3 Å². The molecule has 0 unspecified atom stereocenters. The maximum absolute atomic E-state index is 12.7. The number of hydroxylamine groups is 2. The molecular formula is C22H23N5O3. The molecular weight excluding hydrogens is 382 g/mol. The van der Waals surface area contributed by atoms with E-state index in [1.165, 1.54) is 36.3 Å². The Morgan fingerprint density at radius 1 is 1.00 bits per heavy atom. The SMILES string of the molecule is CON(CCCc1ccccc1)C(=O)c1ccc(NC(=O)Nc2cnccn2)cc1. The number of nitrogens with one attached hydrogen (secondary N) is 2. The van der Waals surface area contributed by atoms with Crippen molar-refractivity contribution >= 4 is 23.4 Å². The predicted octanol–water partition coefficient (Wildman–Crippen LogP) is 3.76. The highest BCUT2D eigenvalue weighted by Crippen LogP contribution is 2.13. The second kappa shape index (κ2) is 10.7. The first-order valence-electron chi connectivity index (χ1n) is 9.49. The van der Waals surface area contributed by atoms with E-state index in [4.69, 9.17) is 4.84 Å². The van der Waals surface area contributed by atoms with Gasteiger partial charge in [0.25, 0.3) is 5.91 Å². The number of hydrogen-bond acceptors (Lipinski definition) is 5. The Morgan fingerprint density at radius 3 is 2.43 bits per heavy atom. The molecule has 3 amide bonds. The van der Waals surface area contributed by atoms with Gasteiger partial charge in [-0.2, -0.15) is 0 Å². The van der Waals surface area contributed by atoms with Crippen molar-refractivity contribution in [3.8, 4) is 0 Å². The van der Waals surface area contributed by atoms with E-state index in [9.17, 15) is 9.59 Å². The maximum Gasteiger partial charge on any atom is 0.324 e. The zero-order chi connectivity index (χ0) is 21.2. The molecule has 0 radical (unpaired) electrons. The van der Waals surface area contributed by atoms with E-state index in [1.54, 1.807) is 24.3 Å². The number of anilines is 2. The minimum Gasteiger partial charge on any atom is -0.308 e. The lowest BCUT2D eigenvalue weighted by molar-refractivity contribution is -0.0953. The van der Waals surface area contributed by atoms with E-state index < -0.39 is 6.03 Å². The van der Waals surface area contributed by atoms with Crippen molar-refractivity contribution in [2.45, 2.75) is 12.8 Å². The third-order valence-corrected chi connectivity index (χ3v) is 4.31. The Bertz CT molecular complexity index is 950. The van der Waals surface area contributed by atoms with E-state index in [1.807, 2.05) is 18.2 Å². The van der Waals surface area contributed by atoms with Crippen molar-refractivity contribution < 1.29 is 14.4 Å². The molecule has 0 saturated heterocycles. The molecule has 2 aromatic carbocycles. The van der Waals surface area contributed by atoms with Crippen LogP contribution < -0.4 is 10.6 Å². The molecule has 3 aromatic rings. The van der Waals surface area contributed by atoms with E-state index >= 15 is 0 Å². The molecule has 1 heterocycles. The summed E-state index contributed by atoms with van der Waals surface area (Å²) in [4.78, 5) is 37.8. The van der Waals surface area contributed by atoms with Crippen molar-refractivity contribution in [2.75, 3.05) is 24.3 Å². The summed E-state index contributed by atoms with van der Waals surface area (Å²) in [5.74, 6) is 0.106. The van der Waals surface area contributed by atoms with E-state index in [2.05, 4.69) is 32.7 Å². The van der Waals surface area contributed by atoms with Crippen molar-refractivity contribution in [1.29, 1.82) is 0 Å². The summed E-state index contributed by atoms with van der Waals surface area (Å²) >= 11 is 0. The minimum absolute atomic E-state index is 0.235. The Kier molecular flexibility index (Phi) is 7.45. The molecule has 3 rings (SSSR count). The van der Waals surface area contributed by atoms with E-state index in [0.29, 0.717) is 23.6 Å². The lowest BCUT2D eigenvalue weighted by Crippen LogP contribution is -2.31. The predicted molar refractivity (Wildman–Crippen MR) is 114 cm³/mol. The van der Waals surface area contributed by atoms with Crippen molar-refractivity contribution in [2.24, 2.45) is 0 Å². The summed E-state index contributed by atoms with van der Waals surface area (Å²) in [5.41, 5.74) is 2.23. The van der Waals surface area contributed by atoms with Crippen LogP contribution in [0.2, 0.25) is 0 Å². The third-order valence-electron chi connectivity index (χ3n) is 4.31. The summed E-state index contributed by atoms with van der Waals surface area (Å²) in [6, 6.07) is 16.2. The largest absolute Gasteiger partial charge is 0.324 e. The highest BCUT2D eigenvalue weighted by molar-refractivity contribution is 5.99. The molecule has 0 fully saturated rings. The fourth-order valence-electron chi connectivity index (χ4n) is 2.83. The Labute approximate surface area is 174 Å². The lowest BCUT2D eigenvalue weighted by atomic mass is 10.1. The van der Waals surface area contributed by atoms with Gasteiger partial charge in [-0.15, -0.1) is 0 Å². The molecule has 0 spiro atoms. The molecule has 8 nitrogen and oxygen atoms in total. The van der Waals surface area contributed by atoms with Gasteiger partial charge in [0.2, 0.25) is 0 Å². The van der Waals surface area contributed by atoms with Crippen LogP contribution in [0.3, 0.4) is 0 Å². The summed E-state index contributed by atoms with van der Waals surface area (Å²) in [5, 5.41) is 6.59. The molecule has 0 saturated carbocycles. The average molecular weight is 405 g/mol. The van der Waals surface area contributed by atoms with Gasteiger partial charge in [-0.05, 0) is 42.7 Å². The fourth-order valence-corrected chi connectivity index (χ4v) is 2.83. The number of carbonyl (C=O) groups is 2. The smallest absolute Gasteiger partial charge is 0.308 e. The number of hydrogen-bond donors (Lipinski definition) is 2. The normalized spacial score (nSPS) is 10.3. The van der Waals surface area contributed by atoms with Gasteiger partial charge in [0.1, 0.15) is 0 Å². The third kappa shape index (κ3) is 6.11. The fraction of sp³-hybridized carbons (Fsp3) is 0.182. The summed E-state index contributed by atoms with van der Waals surface area (Å²) < 4.78 is 0. The Morgan fingerprint density at radius 2 is 1.77 bits per heavy atom. The van der Waals surface area contributed by atoms with Crippen LogP contribution >= 0.6 is 0 Å². The molecule has 8 heteroatoms. The van der Waals surface area contributed by atoms with Crippen LogP contribution in [0.5, 0.6) is 0 Å². The quantitative estimate of drug-likeness (QED) is 0.556. The lowest BCUT2D eigenvalue weighted by Gasteiger charge is -2.20. The number of amides is 3. The molecule has 30 heavy (non-hydrogen) atoms. The van der Waals surface area contributed by atoms with Crippen LogP contribution in [0.1, 0.15) is 22.3 Å². The minimum atomic E-state index is -0.450. The summed E-state index contributed by atoms with van der Waals surface area (Å²) in [6.45, 7) is 0.477. The second-order valence-electron chi connectivity index (χ2n) is 6.43. The highest BCUT2D eigenvalue weighted by atomic mass is 16.7. The van der Waals surface area contributed by atoms with Gasteiger partial charge in [-0.3, -0.25) is 19.9 Å². The van der Waals surface area contributed by atoms with Crippen LogP contribution in [0.15, 0.2) is 73.2 Å². The van der Waals surface area contributed by atoms with Gasteiger partial charge in [0.15, 0.2) is 5.82 Å². The first-order valence-corrected chi connectivity index (χ1v) is 9.49. The summed E-state index contributed by atoms with van der Waals surface area (Å²) in [6.07, 6.45) is 6.09. The number of rotatable bonds is 8. The van der Waals surface area contributed by atoms with Gasteiger partial charge >= 0.3 is 6.03 Å². The van der Waals surface area contributed by atoms with Crippen molar-refractivity contribution in [3.63, 3.8) is 0 Å². The highest BCUT2D eigenvalue weighted by Gasteiger charge is 2.15. The van der Waals surface area contributed by atoms with E-state index in [-0.39, 0.29) is 5.91 Å². The second-order valence-corrected chi connectivity index (χ2v) is 6.43. The van der Waals surface area contributed by atoms with Crippen LogP contribution in [0.4, 0.5) is 16.3 Å². The van der Waals surface area contributed by atoms with Gasteiger partial charge in [0, 0.05) is 30.2 Å². The van der Waals surface area contributed by atoms with Crippen LogP contribution in [-0.2, 0) is 11.3 Å². The van der Waals surface area contributed by atoms with Gasteiger partial charge in [-0.1, -0.05) is 30.3 Å². The zero-order valence-electron chi connectivity index (χ0n) is 16.6. The molecule has 0 aliphatic rings. The van der Waals surface area contributed by atoms with E-state index in [0.717, 1.165) is 12.8 Å². The molecule has 0 atom stereocenters. The average Bonchev–Trinajstić information content (AvgIpc) is 2.78. The summed E-state index contributed by atoms with van der Waals surface area (Å²) in [7, 11) is 1.48. The van der Waals surface area contributed by atoms with Gasteiger partial charge in [-0.25, -0.2) is 14.8 Å². The standard InChI is InChI=1S/C22H23N5O3/c1-30-27(15-5-8-17-6-3-2-4-7-17)21(28)18-9-11-19(12-10-18)25-22(29)26-20-16-23-13-14-24-20/h2-4,6-7,9-14,16H,5,8,15H2,1H3,(H2,24,25,26,29). The van der Waals surface area contributed by atoms with Crippen LogP contribution in [0.25, 0.3) is 0 Å². The number of nitrogens with zero attached hydrogens (tertiary/aromatic N) is 3. The zero-order valence-corrected chi connectivity index (χ0v) is 16.6. The molecule has 0 bridgehead atoms. The first kappa shape index (κ1) is 20.9. The molecule has 0 aliphatic heterocycles. The molecule has 1 aromatic heterocycles. The van der Waals surface area contributed by atoms with Gasteiger partial charge < -0.3 is 5.32 Å². The number of benzene rings is 2. The maximum atomic E-state index is 12.7. The first-order chi connectivity index (χ1) is 14.7. The van der Waals surface area contributed by atoms with Crippen LogP contribution in [-0.4, -0.2) is 40.6 Å². The van der Waals surface area contributed by atoms with Crippen LogP contribution in [0, 0.1) is 0 Å². The number of urea groups is 1. The number of aryl methyl sites for hydroxylation is 1. The number of aromatic nitrogens is 2. The van der Waals surface area contributed by atoms with Gasteiger partial charge in [0.05, 0.1) is 13.3 Å². The molecule has 2 N–H and O–H groups in total. The van der Waals surface area contributed by atoms with Crippen molar-refractivity contribution in [1.82, 2.24) is 15.0 Å². The molecule has 0 aliphatic carbocycles.